The van der Waals surface area contributed by atoms with Crippen molar-refractivity contribution in [2.45, 2.75) is 52.5 Å². The Bertz CT molecular complexity index is 321. The third kappa shape index (κ3) is 2.99. The smallest absolute Gasteiger partial charge is 0.125 e. The predicted octanol–water partition coefficient (Wildman–Crippen LogP) is 2.19. The monoisotopic (exact) mass is 207 g/mol. The molecule has 1 heterocycles. The topological polar surface area (TPSA) is 51.8 Å². The van der Waals surface area contributed by atoms with E-state index < -0.39 is 0 Å². The van der Waals surface area contributed by atoms with Gasteiger partial charge in [-0.3, -0.25) is 0 Å². The van der Waals surface area contributed by atoms with Crippen molar-refractivity contribution in [2.24, 2.45) is 5.73 Å². The van der Waals surface area contributed by atoms with Crippen LogP contribution >= 0.6 is 0 Å². The zero-order valence-electron chi connectivity index (χ0n) is 10.1. The molecule has 84 valence electrons. The Morgan fingerprint density at radius 3 is 2.47 bits per heavy atom. The first kappa shape index (κ1) is 12.1. The van der Waals surface area contributed by atoms with Gasteiger partial charge in [-0.2, -0.15) is 0 Å². The second-order valence-corrected chi connectivity index (χ2v) is 4.06. The molecule has 15 heavy (non-hydrogen) atoms. The maximum Gasteiger partial charge on any atom is 0.125 e. The minimum Gasteiger partial charge on any atom is -0.327 e. The Labute approximate surface area is 92.1 Å². The van der Waals surface area contributed by atoms with Crippen LogP contribution in [-0.4, -0.2) is 16.0 Å². The highest BCUT2D eigenvalue weighted by Crippen LogP contribution is 2.21. The highest BCUT2D eigenvalue weighted by atomic mass is 14.9. The molecule has 3 heteroatoms. The van der Waals surface area contributed by atoms with Crippen LogP contribution in [-0.2, 0) is 6.42 Å². The molecule has 0 radical (unpaired) electrons. The van der Waals surface area contributed by atoms with E-state index >= 15 is 0 Å². The number of aromatic nitrogens is 2. The quantitative estimate of drug-likeness (QED) is 0.823. The van der Waals surface area contributed by atoms with E-state index in [-0.39, 0.29) is 6.04 Å². The second-order valence-electron chi connectivity index (χ2n) is 4.06. The third-order valence-corrected chi connectivity index (χ3v) is 2.73. The van der Waals surface area contributed by atoms with Crippen LogP contribution in [0.1, 0.15) is 50.3 Å². The Balaban J connectivity index is 3.06. The number of nitrogens with zero attached hydrogens (tertiary/aromatic N) is 2. The first-order chi connectivity index (χ1) is 7.08. The number of aryl methyl sites for hydroxylation is 2. The lowest BCUT2D eigenvalue weighted by Crippen LogP contribution is -2.25. The van der Waals surface area contributed by atoms with Crippen LogP contribution in [0, 0.1) is 6.92 Å². The van der Waals surface area contributed by atoms with Crippen molar-refractivity contribution in [2.75, 3.05) is 0 Å². The summed E-state index contributed by atoms with van der Waals surface area (Å²) in [7, 11) is 0. The van der Waals surface area contributed by atoms with Gasteiger partial charge in [0, 0.05) is 23.3 Å². The predicted molar refractivity (Wildman–Crippen MR) is 62.8 cm³/mol. The van der Waals surface area contributed by atoms with E-state index in [2.05, 4.69) is 29.9 Å². The fourth-order valence-corrected chi connectivity index (χ4v) is 1.88. The summed E-state index contributed by atoms with van der Waals surface area (Å²) in [5.74, 6) is 1.19. The number of hydrogen-bond donors (Lipinski definition) is 1. The average molecular weight is 207 g/mol. The third-order valence-electron chi connectivity index (χ3n) is 2.73. The van der Waals surface area contributed by atoms with E-state index in [0.717, 1.165) is 30.1 Å². The molecule has 1 aromatic heterocycles. The van der Waals surface area contributed by atoms with Gasteiger partial charge in [-0.25, -0.2) is 9.97 Å². The SMILES string of the molecule is CCc1cc(C(CC)C(C)N)nc(C)n1. The fourth-order valence-electron chi connectivity index (χ4n) is 1.88. The Morgan fingerprint density at radius 1 is 1.33 bits per heavy atom. The maximum absolute atomic E-state index is 5.96. The summed E-state index contributed by atoms with van der Waals surface area (Å²) in [6.45, 7) is 8.24. The van der Waals surface area contributed by atoms with Crippen LogP contribution in [0.25, 0.3) is 0 Å². The first-order valence-electron chi connectivity index (χ1n) is 5.68. The number of nitrogens with two attached hydrogens (primary N) is 1. The zero-order valence-corrected chi connectivity index (χ0v) is 10.1. The van der Waals surface area contributed by atoms with Crippen molar-refractivity contribution in [3.63, 3.8) is 0 Å². The molecule has 0 saturated heterocycles. The summed E-state index contributed by atoms with van der Waals surface area (Å²) in [5.41, 5.74) is 8.16. The average Bonchev–Trinajstić information content (AvgIpc) is 2.17. The minimum absolute atomic E-state index is 0.147. The van der Waals surface area contributed by atoms with Crippen LogP contribution in [0.5, 0.6) is 0 Å². The van der Waals surface area contributed by atoms with Crippen molar-refractivity contribution >= 4 is 0 Å². The number of rotatable bonds is 4. The molecule has 0 amide bonds. The molecule has 0 aliphatic carbocycles. The lowest BCUT2D eigenvalue weighted by Gasteiger charge is -2.19. The summed E-state index contributed by atoms with van der Waals surface area (Å²) in [6.07, 6.45) is 1.98. The molecule has 2 N–H and O–H groups in total. The van der Waals surface area contributed by atoms with E-state index in [1.54, 1.807) is 0 Å². The summed E-state index contributed by atoms with van der Waals surface area (Å²) >= 11 is 0. The van der Waals surface area contributed by atoms with E-state index in [4.69, 9.17) is 5.73 Å². The van der Waals surface area contributed by atoms with Gasteiger partial charge in [0.1, 0.15) is 5.82 Å². The molecule has 1 aromatic rings. The first-order valence-corrected chi connectivity index (χ1v) is 5.68. The molecule has 1 rings (SSSR count). The van der Waals surface area contributed by atoms with Gasteiger partial charge in [0.15, 0.2) is 0 Å². The minimum atomic E-state index is 0.147. The molecule has 0 bridgehead atoms. The molecule has 0 saturated carbocycles. The van der Waals surface area contributed by atoms with E-state index in [1.807, 2.05) is 13.8 Å². The van der Waals surface area contributed by atoms with Gasteiger partial charge >= 0.3 is 0 Å². The molecule has 0 fully saturated rings. The number of hydrogen-bond acceptors (Lipinski definition) is 3. The van der Waals surface area contributed by atoms with E-state index in [0.29, 0.717) is 5.92 Å². The van der Waals surface area contributed by atoms with Gasteiger partial charge in [-0.15, -0.1) is 0 Å². The van der Waals surface area contributed by atoms with Gasteiger partial charge in [0.05, 0.1) is 0 Å². The molecule has 3 nitrogen and oxygen atoms in total. The zero-order chi connectivity index (χ0) is 11.4. The lowest BCUT2D eigenvalue weighted by molar-refractivity contribution is 0.536. The molecule has 0 aliphatic rings. The lowest BCUT2D eigenvalue weighted by atomic mass is 9.94. The highest BCUT2D eigenvalue weighted by molar-refractivity contribution is 5.16. The van der Waals surface area contributed by atoms with E-state index in [9.17, 15) is 0 Å². The van der Waals surface area contributed by atoms with Gasteiger partial charge in [-0.1, -0.05) is 13.8 Å². The maximum atomic E-state index is 5.96. The van der Waals surface area contributed by atoms with Gasteiger partial charge in [-0.05, 0) is 32.8 Å². The van der Waals surface area contributed by atoms with Crippen molar-refractivity contribution in [3.05, 3.63) is 23.3 Å². The van der Waals surface area contributed by atoms with Crippen LogP contribution < -0.4 is 5.73 Å². The summed E-state index contributed by atoms with van der Waals surface area (Å²) in [5, 5.41) is 0. The Morgan fingerprint density at radius 2 is 2.00 bits per heavy atom. The van der Waals surface area contributed by atoms with Crippen LogP contribution in [0.4, 0.5) is 0 Å². The van der Waals surface area contributed by atoms with Crippen molar-refractivity contribution < 1.29 is 0 Å². The molecule has 0 aliphatic heterocycles. The summed E-state index contributed by atoms with van der Waals surface area (Å²) < 4.78 is 0. The fraction of sp³-hybridized carbons (Fsp3) is 0.667. The van der Waals surface area contributed by atoms with Crippen molar-refractivity contribution in [3.8, 4) is 0 Å². The van der Waals surface area contributed by atoms with Crippen molar-refractivity contribution in [1.82, 2.24) is 9.97 Å². The second kappa shape index (κ2) is 5.21. The molecule has 0 aromatic carbocycles. The van der Waals surface area contributed by atoms with E-state index in [1.165, 1.54) is 0 Å². The van der Waals surface area contributed by atoms with Gasteiger partial charge in [0.2, 0.25) is 0 Å². The molecule has 2 unspecified atom stereocenters. The highest BCUT2D eigenvalue weighted by Gasteiger charge is 2.16. The summed E-state index contributed by atoms with van der Waals surface area (Å²) in [4.78, 5) is 8.86. The summed E-state index contributed by atoms with van der Waals surface area (Å²) in [6, 6.07) is 2.24. The normalized spacial score (nSPS) is 15.0. The standard InChI is InChI=1S/C12H21N3/c1-5-10-7-12(15-9(4)14-10)11(6-2)8(3)13/h7-8,11H,5-6,13H2,1-4H3. The molecule has 2 atom stereocenters. The van der Waals surface area contributed by atoms with Gasteiger partial charge in [0.25, 0.3) is 0 Å². The largest absolute Gasteiger partial charge is 0.327 e. The van der Waals surface area contributed by atoms with Crippen LogP contribution in [0.3, 0.4) is 0 Å². The van der Waals surface area contributed by atoms with Crippen molar-refractivity contribution in [1.29, 1.82) is 0 Å². The van der Waals surface area contributed by atoms with Crippen LogP contribution in [0.15, 0.2) is 6.07 Å². The molecular weight excluding hydrogens is 186 g/mol. The van der Waals surface area contributed by atoms with Crippen LogP contribution in [0.2, 0.25) is 0 Å². The molecular formula is C12H21N3. The molecule has 0 spiro atoms. The Hall–Kier alpha value is -0.960. The van der Waals surface area contributed by atoms with Gasteiger partial charge < -0.3 is 5.73 Å². The Kier molecular flexibility index (Phi) is 4.21.